The van der Waals surface area contributed by atoms with E-state index in [9.17, 15) is 0 Å². The smallest absolute Gasteiger partial charge is 0.115 e. The molecular weight excluding hydrogens is 104 g/mol. The molecule has 3 nitrogen and oxygen atoms in total. The van der Waals surface area contributed by atoms with E-state index in [-0.39, 0.29) is 0 Å². The quantitative estimate of drug-likeness (QED) is 0.322. The maximum absolute atomic E-state index is 7.95. The van der Waals surface area contributed by atoms with Gasteiger partial charge in [-0.2, -0.15) is 5.26 Å². The lowest BCUT2D eigenvalue weighted by Crippen LogP contribution is -2.07. The molecule has 0 fully saturated rings. The zero-order valence-electron chi connectivity index (χ0n) is 4.72. The van der Waals surface area contributed by atoms with Crippen LogP contribution < -0.4 is 5.32 Å². The summed E-state index contributed by atoms with van der Waals surface area (Å²) in [6, 6.07) is 1.83. The highest BCUT2D eigenvalue weighted by Gasteiger charge is 1.68. The molecule has 0 heterocycles. The Kier molecular flexibility index (Phi) is 5.23. The van der Waals surface area contributed by atoms with E-state index in [1.165, 1.54) is 12.3 Å². The number of nitrogens with one attached hydrogen (secondary N) is 1. The maximum Gasteiger partial charge on any atom is 0.115 e. The number of allylic oxidation sites excluding steroid dienone is 1. The van der Waals surface area contributed by atoms with Crippen LogP contribution in [-0.4, -0.2) is 13.8 Å². The second kappa shape index (κ2) is 5.99. The molecule has 44 valence electrons. The number of ether oxygens (including phenoxy) is 1. The van der Waals surface area contributed by atoms with Crippen molar-refractivity contribution in [1.29, 1.82) is 5.26 Å². The summed E-state index contributed by atoms with van der Waals surface area (Å²) in [5, 5.41) is 10.7. The highest BCUT2D eigenvalue weighted by molar-refractivity contribution is 4.99. The van der Waals surface area contributed by atoms with E-state index in [0.29, 0.717) is 6.73 Å². The molecule has 0 bridgehead atoms. The van der Waals surface area contributed by atoms with Gasteiger partial charge in [-0.3, -0.25) is 0 Å². The maximum atomic E-state index is 7.95. The number of nitrogens with zero attached hydrogens (tertiary/aromatic N) is 1. The number of nitriles is 1. The molecule has 0 aliphatic heterocycles. The van der Waals surface area contributed by atoms with Crippen molar-refractivity contribution < 1.29 is 4.74 Å². The minimum atomic E-state index is 0.443. The Balaban J connectivity index is 2.94. The summed E-state index contributed by atoms with van der Waals surface area (Å²) in [5.74, 6) is 0. The fourth-order valence-corrected chi connectivity index (χ4v) is 0.228. The molecule has 0 unspecified atom stereocenters. The lowest BCUT2D eigenvalue weighted by molar-refractivity contribution is 0.187. The molecule has 0 aromatic carbocycles. The summed E-state index contributed by atoms with van der Waals surface area (Å²) in [7, 11) is 1.58. The molecule has 8 heavy (non-hydrogen) atoms. The summed E-state index contributed by atoms with van der Waals surface area (Å²) >= 11 is 0. The fourth-order valence-electron chi connectivity index (χ4n) is 0.228. The van der Waals surface area contributed by atoms with Crippen molar-refractivity contribution in [2.75, 3.05) is 13.8 Å². The number of hydrogen-bond acceptors (Lipinski definition) is 3. The molecule has 0 aromatic heterocycles. The average Bonchev–Trinajstić information content (AvgIpc) is 1.81. The van der Waals surface area contributed by atoms with E-state index in [1.54, 1.807) is 7.11 Å². The van der Waals surface area contributed by atoms with Gasteiger partial charge in [0.05, 0.1) is 6.07 Å². The van der Waals surface area contributed by atoms with Gasteiger partial charge in [0.1, 0.15) is 6.73 Å². The molecule has 0 aromatic rings. The molecule has 3 heteroatoms. The lowest BCUT2D eigenvalue weighted by atomic mass is 10.7. The SMILES string of the molecule is COCNC=CC#N. The predicted octanol–water partition coefficient (Wildman–Crippen LogP) is 0.217. The first-order valence-electron chi connectivity index (χ1n) is 2.18. The van der Waals surface area contributed by atoms with Crippen LogP contribution in [0.3, 0.4) is 0 Å². The Morgan fingerprint density at radius 1 is 1.88 bits per heavy atom. The largest absolute Gasteiger partial charge is 0.368 e. The average molecular weight is 112 g/mol. The van der Waals surface area contributed by atoms with Crippen molar-refractivity contribution in [3.05, 3.63) is 12.3 Å². The minimum Gasteiger partial charge on any atom is -0.368 e. The van der Waals surface area contributed by atoms with Crippen molar-refractivity contribution in [3.63, 3.8) is 0 Å². The Bertz CT molecular complexity index is 103. The van der Waals surface area contributed by atoms with Gasteiger partial charge in [0.25, 0.3) is 0 Å². The van der Waals surface area contributed by atoms with Crippen molar-refractivity contribution in [2.45, 2.75) is 0 Å². The Hall–Kier alpha value is -1.01. The molecule has 0 radical (unpaired) electrons. The van der Waals surface area contributed by atoms with Crippen molar-refractivity contribution in [1.82, 2.24) is 5.32 Å². The third-order valence-electron chi connectivity index (χ3n) is 0.503. The molecule has 0 rings (SSSR count). The van der Waals surface area contributed by atoms with E-state index in [1.807, 2.05) is 6.07 Å². The van der Waals surface area contributed by atoms with Gasteiger partial charge in [-0.05, 0) is 0 Å². The molecule has 0 aliphatic rings. The highest BCUT2D eigenvalue weighted by atomic mass is 16.5. The van der Waals surface area contributed by atoms with E-state index in [2.05, 4.69) is 10.1 Å². The fraction of sp³-hybridized carbons (Fsp3) is 0.400. The lowest BCUT2D eigenvalue weighted by Gasteiger charge is -1.92. The van der Waals surface area contributed by atoms with Gasteiger partial charge in [-0.25, -0.2) is 0 Å². The second-order valence-corrected chi connectivity index (χ2v) is 1.10. The minimum absolute atomic E-state index is 0.443. The van der Waals surface area contributed by atoms with Crippen molar-refractivity contribution >= 4 is 0 Å². The summed E-state index contributed by atoms with van der Waals surface area (Å²) in [5.41, 5.74) is 0. The van der Waals surface area contributed by atoms with Crippen LogP contribution in [0.4, 0.5) is 0 Å². The Morgan fingerprint density at radius 2 is 2.62 bits per heavy atom. The van der Waals surface area contributed by atoms with Crippen LogP contribution in [0.25, 0.3) is 0 Å². The standard InChI is InChI=1S/C5H8N2O/c1-8-5-7-4-2-3-6/h2,4,7H,5H2,1H3. The highest BCUT2D eigenvalue weighted by Crippen LogP contribution is 1.62. The van der Waals surface area contributed by atoms with Crippen LogP contribution in [-0.2, 0) is 4.74 Å². The molecule has 0 spiro atoms. The molecule has 0 amide bonds. The van der Waals surface area contributed by atoms with Crippen molar-refractivity contribution in [3.8, 4) is 6.07 Å². The van der Waals surface area contributed by atoms with Crippen LogP contribution in [0.15, 0.2) is 12.3 Å². The van der Waals surface area contributed by atoms with Gasteiger partial charge in [0, 0.05) is 19.4 Å². The van der Waals surface area contributed by atoms with Crippen molar-refractivity contribution in [2.24, 2.45) is 0 Å². The van der Waals surface area contributed by atoms with E-state index >= 15 is 0 Å². The first-order valence-corrected chi connectivity index (χ1v) is 2.18. The van der Waals surface area contributed by atoms with Gasteiger partial charge in [0.2, 0.25) is 0 Å². The van der Waals surface area contributed by atoms with Gasteiger partial charge in [-0.1, -0.05) is 0 Å². The van der Waals surface area contributed by atoms with E-state index in [0.717, 1.165) is 0 Å². The zero-order chi connectivity index (χ0) is 6.24. The number of rotatable bonds is 3. The molecule has 0 saturated carbocycles. The van der Waals surface area contributed by atoms with Crippen LogP contribution >= 0.6 is 0 Å². The number of hydrogen-bond donors (Lipinski definition) is 1. The molecule has 0 aliphatic carbocycles. The van der Waals surface area contributed by atoms with E-state index < -0.39 is 0 Å². The third-order valence-corrected chi connectivity index (χ3v) is 0.503. The molecule has 0 atom stereocenters. The molecular formula is C5H8N2O. The Morgan fingerprint density at radius 3 is 3.12 bits per heavy atom. The van der Waals surface area contributed by atoms with Gasteiger partial charge in [0.15, 0.2) is 0 Å². The first kappa shape index (κ1) is 6.99. The molecule has 1 N–H and O–H groups in total. The zero-order valence-corrected chi connectivity index (χ0v) is 4.72. The van der Waals surface area contributed by atoms with Crippen LogP contribution in [0.5, 0.6) is 0 Å². The second-order valence-electron chi connectivity index (χ2n) is 1.10. The summed E-state index contributed by atoms with van der Waals surface area (Å²) in [6.45, 7) is 0.443. The normalized spacial score (nSPS) is 9.00. The summed E-state index contributed by atoms with van der Waals surface area (Å²) < 4.78 is 4.62. The van der Waals surface area contributed by atoms with E-state index in [4.69, 9.17) is 5.26 Å². The topological polar surface area (TPSA) is 45.0 Å². The number of methoxy groups -OCH3 is 1. The van der Waals surface area contributed by atoms with Gasteiger partial charge in [-0.15, -0.1) is 0 Å². The monoisotopic (exact) mass is 112 g/mol. The third kappa shape index (κ3) is 4.99. The Labute approximate surface area is 48.6 Å². The summed E-state index contributed by atoms with van der Waals surface area (Å²) in [4.78, 5) is 0. The molecule has 0 saturated heterocycles. The van der Waals surface area contributed by atoms with Gasteiger partial charge < -0.3 is 10.1 Å². The predicted molar refractivity (Wildman–Crippen MR) is 29.8 cm³/mol. The van der Waals surface area contributed by atoms with Crippen LogP contribution in [0.2, 0.25) is 0 Å². The first-order chi connectivity index (χ1) is 3.91. The van der Waals surface area contributed by atoms with Gasteiger partial charge >= 0.3 is 0 Å². The van der Waals surface area contributed by atoms with Crippen LogP contribution in [0, 0.1) is 11.3 Å². The van der Waals surface area contributed by atoms with Crippen LogP contribution in [0.1, 0.15) is 0 Å². The summed E-state index contributed by atoms with van der Waals surface area (Å²) in [6.07, 6.45) is 2.88.